The number of rotatable bonds is 12. The lowest BCUT2D eigenvalue weighted by molar-refractivity contribution is 0.0425. The molecule has 0 aromatic carbocycles. The second-order valence-corrected chi connectivity index (χ2v) is 4.56. The summed E-state index contributed by atoms with van der Waals surface area (Å²) < 4.78 is 10.8. The molecule has 0 rings (SSSR count). The summed E-state index contributed by atoms with van der Waals surface area (Å²) in [4.78, 5) is 0. The van der Waals surface area contributed by atoms with E-state index >= 15 is 0 Å². The van der Waals surface area contributed by atoms with Crippen molar-refractivity contribution in [2.24, 2.45) is 5.73 Å². The zero-order valence-corrected chi connectivity index (χ0v) is 11.4. The van der Waals surface area contributed by atoms with Crippen LogP contribution in [0.5, 0.6) is 0 Å². The Morgan fingerprint density at radius 2 is 1.59 bits per heavy atom. The first-order valence-corrected chi connectivity index (χ1v) is 6.73. The molecule has 0 fully saturated rings. The minimum atomic E-state index is -0.430. The van der Waals surface area contributed by atoms with Gasteiger partial charge in [0.2, 0.25) is 0 Å². The van der Waals surface area contributed by atoms with Crippen molar-refractivity contribution in [1.82, 2.24) is 0 Å². The molecule has 0 radical (unpaired) electrons. The second-order valence-electron chi connectivity index (χ2n) is 4.56. The topological polar surface area (TPSA) is 64.7 Å². The van der Waals surface area contributed by atoms with Crippen molar-refractivity contribution in [2.45, 2.75) is 51.5 Å². The van der Waals surface area contributed by atoms with E-state index in [1.54, 1.807) is 0 Å². The summed E-state index contributed by atoms with van der Waals surface area (Å²) in [6, 6.07) is 0. The van der Waals surface area contributed by atoms with Crippen LogP contribution in [-0.2, 0) is 9.47 Å². The van der Waals surface area contributed by atoms with E-state index < -0.39 is 5.54 Å². The summed E-state index contributed by atoms with van der Waals surface area (Å²) in [7, 11) is 0. The predicted octanol–water partition coefficient (Wildman–Crippen LogP) is 1.70. The maximum absolute atomic E-state index is 9.12. The molecule has 1 atom stereocenters. The molecule has 0 aliphatic rings. The van der Waals surface area contributed by atoms with Crippen molar-refractivity contribution in [2.75, 3.05) is 33.0 Å². The fraction of sp³-hybridized carbons (Fsp3) is 1.00. The summed E-state index contributed by atoms with van der Waals surface area (Å²) >= 11 is 0. The molecule has 0 aromatic heterocycles. The minimum Gasteiger partial charge on any atom is -0.394 e. The highest BCUT2D eigenvalue weighted by Crippen LogP contribution is 2.12. The lowest BCUT2D eigenvalue weighted by Gasteiger charge is -2.25. The standard InChI is InChI=1S/C13H29NO3/c1-3-5-8-16-10-11-17-9-6-7-13(14,4-2)12-15/h15H,3-12,14H2,1-2H3. The zero-order chi connectivity index (χ0) is 13.0. The van der Waals surface area contributed by atoms with Crippen LogP contribution in [0, 0.1) is 0 Å². The van der Waals surface area contributed by atoms with Crippen molar-refractivity contribution in [1.29, 1.82) is 0 Å². The molecule has 3 N–H and O–H groups in total. The van der Waals surface area contributed by atoms with E-state index in [1.165, 1.54) is 0 Å². The van der Waals surface area contributed by atoms with Crippen LogP contribution in [0.25, 0.3) is 0 Å². The number of nitrogens with two attached hydrogens (primary N) is 1. The van der Waals surface area contributed by atoms with E-state index in [0.717, 1.165) is 38.7 Å². The summed E-state index contributed by atoms with van der Waals surface area (Å²) in [5.74, 6) is 0. The highest BCUT2D eigenvalue weighted by Gasteiger charge is 2.20. The van der Waals surface area contributed by atoms with E-state index in [1.807, 2.05) is 6.92 Å². The Labute approximate surface area is 105 Å². The molecule has 0 spiro atoms. The third-order valence-corrected chi connectivity index (χ3v) is 3.00. The molecule has 0 saturated heterocycles. The minimum absolute atomic E-state index is 0.0453. The van der Waals surface area contributed by atoms with Gasteiger partial charge in [0, 0.05) is 18.8 Å². The van der Waals surface area contributed by atoms with E-state index in [0.29, 0.717) is 19.8 Å². The van der Waals surface area contributed by atoms with Crippen LogP contribution in [0.3, 0.4) is 0 Å². The lowest BCUT2D eigenvalue weighted by atomic mass is 9.93. The van der Waals surface area contributed by atoms with Crippen LogP contribution in [0.2, 0.25) is 0 Å². The van der Waals surface area contributed by atoms with Gasteiger partial charge in [-0.2, -0.15) is 0 Å². The molecule has 0 aliphatic heterocycles. The molecule has 0 amide bonds. The second kappa shape index (κ2) is 11.0. The smallest absolute Gasteiger partial charge is 0.0700 e. The Kier molecular flexibility index (Phi) is 10.9. The van der Waals surface area contributed by atoms with Crippen LogP contribution >= 0.6 is 0 Å². The molecular weight excluding hydrogens is 218 g/mol. The van der Waals surface area contributed by atoms with Crippen molar-refractivity contribution >= 4 is 0 Å². The van der Waals surface area contributed by atoms with Gasteiger partial charge in [-0.25, -0.2) is 0 Å². The van der Waals surface area contributed by atoms with Gasteiger partial charge in [-0.05, 0) is 25.7 Å². The molecule has 0 aliphatic carbocycles. The van der Waals surface area contributed by atoms with Crippen LogP contribution in [-0.4, -0.2) is 43.7 Å². The Balaban J connectivity index is 3.23. The average Bonchev–Trinajstić information content (AvgIpc) is 2.36. The lowest BCUT2D eigenvalue weighted by Crippen LogP contribution is -2.43. The van der Waals surface area contributed by atoms with Gasteiger partial charge in [0.05, 0.1) is 19.8 Å². The Hall–Kier alpha value is -0.160. The van der Waals surface area contributed by atoms with Crippen molar-refractivity contribution in [3.8, 4) is 0 Å². The zero-order valence-electron chi connectivity index (χ0n) is 11.4. The first-order valence-electron chi connectivity index (χ1n) is 6.73. The number of unbranched alkanes of at least 4 members (excludes halogenated alkanes) is 1. The molecule has 4 heteroatoms. The molecule has 4 nitrogen and oxygen atoms in total. The number of hydrogen-bond donors (Lipinski definition) is 2. The average molecular weight is 247 g/mol. The molecular formula is C13H29NO3. The van der Waals surface area contributed by atoms with Gasteiger partial charge in [0.15, 0.2) is 0 Å². The Morgan fingerprint density at radius 1 is 1.00 bits per heavy atom. The van der Waals surface area contributed by atoms with Crippen molar-refractivity contribution in [3.05, 3.63) is 0 Å². The van der Waals surface area contributed by atoms with Crippen LogP contribution in [0.1, 0.15) is 46.0 Å². The predicted molar refractivity (Wildman–Crippen MR) is 70.1 cm³/mol. The summed E-state index contributed by atoms with van der Waals surface area (Å²) in [6.45, 7) is 7.02. The van der Waals surface area contributed by atoms with E-state index in [-0.39, 0.29) is 6.61 Å². The first kappa shape index (κ1) is 16.8. The Bertz CT molecular complexity index is 161. The fourth-order valence-electron chi connectivity index (χ4n) is 1.46. The molecule has 0 heterocycles. The van der Waals surface area contributed by atoms with E-state index in [9.17, 15) is 0 Å². The Morgan fingerprint density at radius 3 is 2.06 bits per heavy atom. The third kappa shape index (κ3) is 9.53. The number of aliphatic hydroxyl groups excluding tert-OH is 1. The normalized spacial score (nSPS) is 14.8. The summed E-state index contributed by atoms with van der Waals surface area (Å²) in [6.07, 6.45) is 4.76. The van der Waals surface area contributed by atoms with Gasteiger partial charge in [-0.15, -0.1) is 0 Å². The number of hydrogen-bond acceptors (Lipinski definition) is 4. The largest absolute Gasteiger partial charge is 0.394 e. The highest BCUT2D eigenvalue weighted by atomic mass is 16.5. The van der Waals surface area contributed by atoms with Crippen LogP contribution in [0.15, 0.2) is 0 Å². The van der Waals surface area contributed by atoms with E-state index in [2.05, 4.69) is 6.92 Å². The summed E-state index contributed by atoms with van der Waals surface area (Å²) in [5, 5.41) is 9.12. The SMILES string of the molecule is CCCCOCCOCCCC(N)(CC)CO. The first-order chi connectivity index (χ1) is 8.18. The maximum Gasteiger partial charge on any atom is 0.0700 e. The van der Waals surface area contributed by atoms with Gasteiger partial charge in [-0.3, -0.25) is 0 Å². The number of aliphatic hydroxyl groups is 1. The van der Waals surface area contributed by atoms with Crippen molar-refractivity contribution < 1.29 is 14.6 Å². The van der Waals surface area contributed by atoms with Gasteiger partial charge >= 0.3 is 0 Å². The molecule has 104 valence electrons. The molecule has 0 saturated carbocycles. The van der Waals surface area contributed by atoms with Gasteiger partial charge in [0.25, 0.3) is 0 Å². The van der Waals surface area contributed by atoms with Crippen molar-refractivity contribution in [3.63, 3.8) is 0 Å². The molecule has 1 unspecified atom stereocenters. The van der Waals surface area contributed by atoms with Crippen LogP contribution in [0.4, 0.5) is 0 Å². The fourth-order valence-corrected chi connectivity index (χ4v) is 1.46. The van der Waals surface area contributed by atoms with Gasteiger partial charge in [-0.1, -0.05) is 20.3 Å². The molecule has 0 aromatic rings. The molecule has 0 bridgehead atoms. The highest BCUT2D eigenvalue weighted by molar-refractivity contribution is 4.81. The monoisotopic (exact) mass is 247 g/mol. The van der Waals surface area contributed by atoms with E-state index in [4.69, 9.17) is 20.3 Å². The quantitative estimate of drug-likeness (QED) is 0.515. The maximum atomic E-state index is 9.12. The molecule has 17 heavy (non-hydrogen) atoms. The van der Waals surface area contributed by atoms with Crippen LogP contribution < -0.4 is 5.73 Å². The van der Waals surface area contributed by atoms with Gasteiger partial charge < -0.3 is 20.3 Å². The third-order valence-electron chi connectivity index (χ3n) is 3.00. The summed E-state index contributed by atoms with van der Waals surface area (Å²) in [5.41, 5.74) is 5.53. The number of ether oxygens (including phenoxy) is 2. The van der Waals surface area contributed by atoms with Gasteiger partial charge in [0.1, 0.15) is 0 Å².